The molecule has 0 radical (unpaired) electrons. The molecule has 0 aliphatic carbocycles. The molecule has 1 aliphatic heterocycles. The molecule has 1 aromatic heterocycles. The summed E-state index contributed by atoms with van der Waals surface area (Å²) in [7, 11) is 2.03. The average molecular weight is 234 g/mol. The maximum absolute atomic E-state index is 5.47. The van der Waals surface area contributed by atoms with Crippen molar-refractivity contribution in [1.82, 2.24) is 15.2 Å². The molecular weight excluding hydrogens is 216 g/mol. The van der Waals surface area contributed by atoms with Gasteiger partial charge in [-0.1, -0.05) is 6.07 Å². The highest BCUT2D eigenvalue weighted by atomic mass is 16.5. The average Bonchev–Trinajstić information content (AvgIpc) is 2.74. The molecule has 2 heterocycles. The first kappa shape index (κ1) is 11.7. The number of nitrogens with zero attached hydrogens (tertiary/aromatic N) is 3. The van der Waals surface area contributed by atoms with Crippen LogP contribution in [-0.2, 0) is 6.54 Å². The van der Waals surface area contributed by atoms with E-state index in [4.69, 9.17) is 4.74 Å². The minimum atomic E-state index is 0.630. The van der Waals surface area contributed by atoms with E-state index in [1.807, 2.05) is 26.1 Å². The fraction of sp³-hybridized carbons (Fsp3) is 0.500. The van der Waals surface area contributed by atoms with Crippen LogP contribution in [0.5, 0.6) is 5.88 Å². The number of hydrogen-bond acceptors (Lipinski definition) is 5. The normalized spacial score (nSPS) is 14.7. The van der Waals surface area contributed by atoms with Gasteiger partial charge >= 0.3 is 0 Å². The molecule has 0 saturated carbocycles. The van der Waals surface area contributed by atoms with Crippen molar-refractivity contribution in [2.24, 2.45) is 4.99 Å². The number of pyridine rings is 1. The molecule has 0 bridgehead atoms. The van der Waals surface area contributed by atoms with Crippen molar-refractivity contribution in [3.05, 3.63) is 23.9 Å². The fourth-order valence-electron chi connectivity index (χ4n) is 1.72. The zero-order valence-electron chi connectivity index (χ0n) is 10.3. The van der Waals surface area contributed by atoms with Gasteiger partial charge in [-0.3, -0.25) is 4.99 Å². The van der Waals surface area contributed by atoms with E-state index in [1.54, 1.807) is 6.20 Å². The summed E-state index contributed by atoms with van der Waals surface area (Å²) in [6.07, 6.45) is 1.74. The summed E-state index contributed by atoms with van der Waals surface area (Å²) in [5, 5.41) is 3.30. The molecule has 5 nitrogen and oxygen atoms in total. The van der Waals surface area contributed by atoms with Gasteiger partial charge in [0.1, 0.15) is 0 Å². The first-order valence-corrected chi connectivity index (χ1v) is 5.87. The summed E-state index contributed by atoms with van der Waals surface area (Å²) in [4.78, 5) is 10.7. The minimum Gasteiger partial charge on any atom is -0.478 e. The molecular formula is C12H18N4O. The van der Waals surface area contributed by atoms with E-state index in [-0.39, 0.29) is 0 Å². The second-order valence-corrected chi connectivity index (χ2v) is 3.88. The molecule has 0 amide bonds. The summed E-state index contributed by atoms with van der Waals surface area (Å²) in [5.74, 6) is 1.64. The standard InChI is InChI=1S/C12H18N4O/c1-3-17-11-10(5-4-6-13-11)9-15-12-14-7-8-16(12)2/h4-6H,3,7-9H2,1-2H3,(H,14,15). The van der Waals surface area contributed by atoms with E-state index < -0.39 is 0 Å². The smallest absolute Gasteiger partial charge is 0.218 e. The van der Waals surface area contributed by atoms with Crippen molar-refractivity contribution in [2.75, 3.05) is 26.7 Å². The van der Waals surface area contributed by atoms with E-state index >= 15 is 0 Å². The third-order valence-electron chi connectivity index (χ3n) is 2.63. The van der Waals surface area contributed by atoms with Crippen molar-refractivity contribution in [2.45, 2.75) is 13.5 Å². The first-order chi connectivity index (χ1) is 8.31. The van der Waals surface area contributed by atoms with Gasteiger partial charge in [0, 0.05) is 31.9 Å². The van der Waals surface area contributed by atoms with Crippen molar-refractivity contribution >= 4 is 5.96 Å². The Bertz CT molecular complexity index is 405. The SMILES string of the molecule is CCOc1ncccc1CNC1=NCCN1C. The predicted molar refractivity (Wildman–Crippen MR) is 67.2 cm³/mol. The van der Waals surface area contributed by atoms with Crippen molar-refractivity contribution in [1.29, 1.82) is 0 Å². The highest BCUT2D eigenvalue weighted by Gasteiger charge is 2.12. The van der Waals surface area contributed by atoms with Gasteiger partial charge in [-0.15, -0.1) is 0 Å². The number of hydrogen-bond donors (Lipinski definition) is 1. The lowest BCUT2D eigenvalue weighted by atomic mass is 10.2. The number of aliphatic imine (C=N–C) groups is 1. The largest absolute Gasteiger partial charge is 0.478 e. The Morgan fingerprint density at radius 2 is 2.41 bits per heavy atom. The van der Waals surface area contributed by atoms with Crippen LogP contribution in [0.2, 0.25) is 0 Å². The van der Waals surface area contributed by atoms with E-state index in [0.717, 1.165) is 24.6 Å². The summed E-state index contributed by atoms with van der Waals surface area (Å²) >= 11 is 0. The van der Waals surface area contributed by atoms with Crippen LogP contribution < -0.4 is 10.1 Å². The topological polar surface area (TPSA) is 49.8 Å². The van der Waals surface area contributed by atoms with Gasteiger partial charge in [-0.2, -0.15) is 0 Å². The minimum absolute atomic E-state index is 0.630. The second-order valence-electron chi connectivity index (χ2n) is 3.88. The summed E-state index contributed by atoms with van der Waals surface area (Å²) in [6, 6.07) is 3.93. The zero-order chi connectivity index (χ0) is 12.1. The van der Waals surface area contributed by atoms with Gasteiger partial charge in [-0.25, -0.2) is 4.98 Å². The van der Waals surface area contributed by atoms with E-state index in [9.17, 15) is 0 Å². The van der Waals surface area contributed by atoms with Crippen LogP contribution in [0.3, 0.4) is 0 Å². The van der Waals surface area contributed by atoms with Crippen LogP contribution >= 0.6 is 0 Å². The Hall–Kier alpha value is -1.78. The van der Waals surface area contributed by atoms with Crippen molar-refractivity contribution < 1.29 is 4.74 Å². The summed E-state index contributed by atoms with van der Waals surface area (Å²) < 4.78 is 5.47. The molecule has 1 aromatic rings. The maximum Gasteiger partial charge on any atom is 0.218 e. The number of nitrogens with one attached hydrogen (secondary N) is 1. The lowest BCUT2D eigenvalue weighted by Crippen LogP contribution is -2.35. The molecule has 0 aromatic carbocycles. The first-order valence-electron chi connectivity index (χ1n) is 5.87. The molecule has 1 aliphatic rings. The zero-order valence-corrected chi connectivity index (χ0v) is 10.3. The van der Waals surface area contributed by atoms with Crippen LogP contribution in [0.25, 0.3) is 0 Å². The number of likely N-dealkylation sites (N-methyl/N-ethyl adjacent to an activating group) is 1. The Morgan fingerprint density at radius 3 is 3.12 bits per heavy atom. The van der Waals surface area contributed by atoms with Gasteiger partial charge in [0.05, 0.1) is 13.2 Å². The molecule has 5 heteroatoms. The van der Waals surface area contributed by atoms with Gasteiger partial charge in [-0.05, 0) is 13.0 Å². The molecule has 92 valence electrons. The molecule has 17 heavy (non-hydrogen) atoms. The number of aromatic nitrogens is 1. The van der Waals surface area contributed by atoms with Gasteiger partial charge < -0.3 is 15.0 Å². The Morgan fingerprint density at radius 1 is 1.53 bits per heavy atom. The van der Waals surface area contributed by atoms with E-state index in [1.165, 1.54) is 0 Å². The highest BCUT2D eigenvalue weighted by Crippen LogP contribution is 2.13. The lowest BCUT2D eigenvalue weighted by Gasteiger charge is -2.16. The molecule has 1 N–H and O–H groups in total. The quantitative estimate of drug-likeness (QED) is 0.840. The Kier molecular flexibility index (Phi) is 3.80. The van der Waals surface area contributed by atoms with E-state index in [0.29, 0.717) is 19.0 Å². The van der Waals surface area contributed by atoms with E-state index in [2.05, 4.69) is 20.2 Å². The monoisotopic (exact) mass is 234 g/mol. The van der Waals surface area contributed by atoms with Gasteiger partial charge in [0.25, 0.3) is 0 Å². The van der Waals surface area contributed by atoms with Crippen LogP contribution in [0.1, 0.15) is 12.5 Å². The number of rotatable bonds is 4. The van der Waals surface area contributed by atoms with Crippen LogP contribution in [0, 0.1) is 0 Å². The predicted octanol–water partition coefficient (Wildman–Crippen LogP) is 0.871. The molecule has 0 fully saturated rings. The van der Waals surface area contributed by atoms with Crippen molar-refractivity contribution in [3.8, 4) is 5.88 Å². The fourth-order valence-corrected chi connectivity index (χ4v) is 1.72. The van der Waals surface area contributed by atoms with Gasteiger partial charge in [0.15, 0.2) is 5.96 Å². The second kappa shape index (κ2) is 5.52. The van der Waals surface area contributed by atoms with Crippen LogP contribution in [0.4, 0.5) is 0 Å². The molecule has 0 spiro atoms. The Balaban J connectivity index is 1.98. The molecule has 0 unspecified atom stereocenters. The molecule has 0 saturated heterocycles. The number of guanidine groups is 1. The summed E-state index contributed by atoms with van der Waals surface area (Å²) in [5.41, 5.74) is 1.05. The summed E-state index contributed by atoms with van der Waals surface area (Å²) in [6.45, 7) is 5.12. The lowest BCUT2D eigenvalue weighted by molar-refractivity contribution is 0.322. The van der Waals surface area contributed by atoms with Crippen LogP contribution in [-0.4, -0.2) is 42.6 Å². The van der Waals surface area contributed by atoms with Crippen molar-refractivity contribution in [3.63, 3.8) is 0 Å². The maximum atomic E-state index is 5.47. The third kappa shape index (κ3) is 2.87. The van der Waals surface area contributed by atoms with Crippen LogP contribution in [0.15, 0.2) is 23.3 Å². The van der Waals surface area contributed by atoms with Gasteiger partial charge in [0.2, 0.25) is 5.88 Å². The third-order valence-corrected chi connectivity index (χ3v) is 2.63. The Labute approximate surface area is 102 Å². The molecule has 2 rings (SSSR count). The molecule has 0 atom stereocenters. The highest BCUT2D eigenvalue weighted by molar-refractivity contribution is 5.81. The number of ether oxygens (including phenoxy) is 1.